The number of ether oxygens (including phenoxy) is 1. The Morgan fingerprint density at radius 1 is 1.22 bits per heavy atom. The number of hydrogen-bond donors (Lipinski definition) is 1. The van der Waals surface area contributed by atoms with Crippen molar-refractivity contribution in [1.82, 2.24) is 4.98 Å². The molecule has 2 aromatic rings. The minimum Gasteiger partial charge on any atom is -0.452 e. The lowest BCUT2D eigenvalue weighted by molar-refractivity contribution is -0.119. The molecule has 120 valence electrons. The van der Waals surface area contributed by atoms with Crippen LogP contribution in [0.3, 0.4) is 0 Å². The third kappa shape index (κ3) is 4.96. The summed E-state index contributed by atoms with van der Waals surface area (Å²) in [7, 11) is 3.86. The van der Waals surface area contributed by atoms with Crippen LogP contribution in [0.25, 0.3) is 0 Å². The molecule has 0 unspecified atom stereocenters. The third-order valence-electron chi connectivity index (χ3n) is 2.96. The van der Waals surface area contributed by atoms with Crippen molar-refractivity contribution in [3.63, 3.8) is 0 Å². The van der Waals surface area contributed by atoms with Crippen molar-refractivity contribution < 1.29 is 14.3 Å². The van der Waals surface area contributed by atoms with Gasteiger partial charge in [-0.25, -0.2) is 9.78 Å². The molecular formula is C16H16ClN3O3. The number of rotatable bonds is 5. The number of esters is 1. The number of anilines is 2. The standard InChI is InChI=1S/C16H16ClN3O3/c1-20(2)13-5-3-12(4-6-13)19-15(21)10-23-16(22)11-7-8-18-14(17)9-11/h3-9H,10H2,1-2H3,(H,19,21). The molecule has 1 aromatic carbocycles. The first-order chi connectivity index (χ1) is 11.0. The van der Waals surface area contributed by atoms with Gasteiger partial charge in [-0.1, -0.05) is 11.6 Å². The summed E-state index contributed by atoms with van der Waals surface area (Å²) in [5.41, 5.74) is 1.89. The van der Waals surface area contributed by atoms with E-state index in [2.05, 4.69) is 10.3 Å². The largest absolute Gasteiger partial charge is 0.452 e. The van der Waals surface area contributed by atoms with Crippen molar-refractivity contribution in [2.75, 3.05) is 30.9 Å². The van der Waals surface area contributed by atoms with E-state index in [1.807, 2.05) is 31.1 Å². The summed E-state index contributed by atoms with van der Waals surface area (Å²) in [4.78, 5) is 29.3. The van der Waals surface area contributed by atoms with E-state index in [0.29, 0.717) is 5.69 Å². The van der Waals surface area contributed by atoms with Gasteiger partial charge in [0.1, 0.15) is 5.15 Å². The van der Waals surface area contributed by atoms with E-state index in [1.54, 1.807) is 12.1 Å². The highest BCUT2D eigenvalue weighted by molar-refractivity contribution is 6.29. The number of benzene rings is 1. The molecule has 6 nitrogen and oxygen atoms in total. The van der Waals surface area contributed by atoms with E-state index in [4.69, 9.17) is 16.3 Å². The molecule has 0 aliphatic rings. The van der Waals surface area contributed by atoms with Gasteiger partial charge in [0.25, 0.3) is 5.91 Å². The van der Waals surface area contributed by atoms with Crippen LogP contribution in [-0.2, 0) is 9.53 Å². The van der Waals surface area contributed by atoms with Crippen molar-refractivity contribution in [1.29, 1.82) is 0 Å². The fourth-order valence-electron chi connectivity index (χ4n) is 1.78. The van der Waals surface area contributed by atoms with Gasteiger partial charge in [0, 0.05) is 31.7 Å². The average Bonchev–Trinajstić information content (AvgIpc) is 2.53. The average molecular weight is 334 g/mol. The Kier molecular flexibility index (Phi) is 5.54. The summed E-state index contributed by atoms with van der Waals surface area (Å²) in [6.07, 6.45) is 1.39. The molecule has 1 amide bonds. The van der Waals surface area contributed by atoms with Crippen molar-refractivity contribution >= 4 is 34.9 Å². The molecule has 0 saturated heterocycles. The highest BCUT2D eigenvalue weighted by atomic mass is 35.5. The van der Waals surface area contributed by atoms with Gasteiger partial charge in [0.05, 0.1) is 5.56 Å². The van der Waals surface area contributed by atoms with Gasteiger partial charge in [-0.3, -0.25) is 4.79 Å². The van der Waals surface area contributed by atoms with E-state index in [-0.39, 0.29) is 17.3 Å². The summed E-state index contributed by atoms with van der Waals surface area (Å²) < 4.78 is 4.93. The zero-order valence-electron chi connectivity index (χ0n) is 12.7. The fraction of sp³-hybridized carbons (Fsp3) is 0.188. The number of carbonyl (C=O) groups excluding carboxylic acids is 2. The number of nitrogens with zero attached hydrogens (tertiary/aromatic N) is 2. The molecule has 0 aliphatic heterocycles. The molecule has 1 heterocycles. The first kappa shape index (κ1) is 16.8. The maximum atomic E-state index is 11.8. The molecule has 0 aliphatic carbocycles. The number of pyridine rings is 1. The molecule has 1 aromatic heterocycles. The van der Waals surface area contributed by atoms with E-state index >= 15 is 0 Å². The monoisotopic (exact) mass is 333 g/mol. The van der Waals surface area contributed by atoms with Crippen LogP contribution < -0.4 is 10.2 Å². The van der Waals surface area contributed by atoms with Gasteiger partial charge in [-0.2, -0.15) is 0 Å². The number of halogens is 1. The molecule has 1 N–H and O–H groups in total. The van der Waals surface area contributed by atoms with Crippen LogP contribution in [0.4, 0.5) is 11.4 Å². The predicted molar refractivity (Wildman–Crippen MR) is 88.9 cm³/mol. The lowest BCUT2D eigenvalue weighted by Gasteiger charge is -2.13. The van der Waals surface area contributed by atoms with E-state index in [1.165, 1.54) is 18.3 Å². The summed E-state index contributed by atoms with van der Waals surface area (Å²) in [6.45, 7) is -0.381. The summed E-state index contributed by atoms with van der Waals surface area (Å²) in [5.74, 6) is -1.05. The lowest BCUT2D eigenvalue weighted by atomic mass is 10.2. The third-order valence-corrected chi connectivity index (χ3v) is 3.17. The second kappa shape index (κ2) is 7.60. The molecule has 23 heavy (non-hydrogen) atoms. The van der Waals surface area contributed by atoms with E-state index in [0.717, 1.165) is 5.69 Å². The summed E-state index contributed by atoms with van der Waals surface area (Å²) in [6, 6.07) is 10.1. The first-order valence-electron chi connectivity index (χ1n) is 6.81. The van der Waals surface area contributed by atoms with Gasteiger partial charge < -0.3 is 15.0 Å². The molecule has 0 spiro atoms. The van der Waals surface area contributed by atoms with Crippen LogP contribution >= 0.6 is 11.6 Å². The van der Waals surface area contributed by atoms with Crippen molar-refractivity contribution in [3.8, 4) is 0 Å². The second-order valence-electron chi connectivity index (χ2n) is 4.93. The molecule has 0 atom stereocenters. The molecule has 0 radical (unpaired) electrons. The highest BCUT2D eigenvalue weighted by Gasteiger charge is 2.11. The normalized spacial score (nSPS) is 10.0. The maximum absolute atomic E-state index is 11.8. The molecule has 0 fully saturated rings. The zero-order valence-corrected chi connectivity index (χ0v) is 13.5. The number of amides is 1. The van der Waals surface area contributed by atoms with Crippen LogP contribution in [0, 0.1) is 0 Å². The predicted octanol–water partition coefficient (Wildman–Crippen LogP) is 2.60. The topological polar surface area (TPSA) is 71.5 Å². The zero-order chi connectivity index (χ0) is 16.8. The van der Waals surface area contributed by atoms with Crippen LogP contribution in [0.2, 0.25) is 5.15 Å². The van der Waals surface area contributed by atoms with Crippen LogP contribution in [0.1, 0.15) is 10.4 Å². The summed E-state index contributed by atoms with van der Waals surface area (Å²) >= 11 is 5.69. The molecule has 2 rings (SSSR count). The Bertz CT molecular complexity index is 702. The molecule has 7 heteroatoms. The minimum atomic E-state index is -0.632. The maximum Gasteiger partial charge on any atom is 0.338 e. The van der Waals surface area contributed by atoms with Crippen LogP contribution in [-0.4, -0.2) is 37.6 Å². The Morgan fingerprint density at radius 3 is 2.52 bits per heavy atom. The van der Waals surface area contributed by atoms with Crippen LogP contribution in [0.15, 0.2) is 42.6 Å². The van der Waals surface area contributed by atoms with Gasteiger partial charge in [-0.15, -0.1) is 0 Å². The Labute approximate surface area is 139 Å². The molecule has 0 bridgehead atoms. The highest BCUT2D eigenvalue weighted by Crippen LogP contribution is 2.15. The fourth-order valence-corrected chi connectivity index (χ4v) is 1.96. The Hall–Kier alpha value is -2.60. The number of nitrogens with one attached hydrogen (secondary N) is 1. The molecular weight excluding hydrogens is 318 g/mol. The van der Waals surface area contributed by atoms with E-state index < -0.39 is 11.9 Å². The summed E-state index contributed by atoms with van der Waals surface area (Å²) in [5, 5.41) is 2.84. The Balaban J connectivity index is 1.86. The smallest absolute Gasteiger partial charge is 0.338 e. The van der Waals surface area contributed by atoms with Gasteiger partial charge in [0.2, 0.25) is 0 Å². The van der Waals surface area contributed by atoms with Crippen molar-refractivity contribution in [2.24, 2.45) is 0 Å². The van der Waals surface area contributed by atoms with Crippen molar-refractivity contribution in [2.45, 2.75) is 0 Å². The van der Waals surface area contributed by atoms with Crippen molar-refractivity contribution in [3.05, 3.63) is 53.3 Å². The minimum absolute atomic E-state index is 0.185. The van der Waals surface area contributed by atoms with Crippen LogP contribution in [0.5, 0.6) is 0 Å². The number of aromatic nitrogens is 1. The first-order valence-corrected chi connectivity index (χ1v) is 7.19. The Morgan fingerprint density at radius 2 is 1.91 bits per heavy atom. The SMILES string of the molecule is CN(C)c1ccc(NC(=O)COC(=O)c2ccnc(Cl)c2)cc1. The van der Waals surface area contributed by atoms with Gasteiger partial charge in [0.15, 0.2) is 6.61 Å². The van der Waals surface area contributed by atoms with Gasteiger partial charge in [-0.05, 0) is 36.4 Å². The van der Waals surface area contributed by atoms with E-state index in [9.17, 15) is 9.59 Å². The quantitative estimate of drug-likeness (QED) is 0.672. The van der Waals surface area contributed by atoms with Gasteiger partial charge >= 0.3 is 5.97 Å². The lowest BCUT2D eigenvalue weighted by Crippen LogP contribution is -2.21. The molecule has 0 saturated carbocycles. The number of carbonyl (C=O) groups is 2. The second-order valence-corrected chi connectivity index (χ2v) is 5.32. The number of hydrogen-bond acceptors (Lipinski definition) is 5.